The molecule has 0 saturated carbocycles. The number of pyridine rings is 1. The quantitative estimate of drug-likeness (QED) is 0.785. The first-order chi connectivity index (χ1) is 12.5. The Labute approximate surface area is 160 Å². The van der Waals surface area contributed by atoms with Gasteiger partial charge in [-0.2, -0.15) is 0 Å². The van der Waals surface area contributed by atoms with E-state index in [2.05, 4.69) is 23.7 Å². The van der Waals surface area contributed by atoms with Gasteiger partial charge in [-0.05, 0) is 24.8 Å². The van der Waals surface area contributed by atoms with Gasteiger partial charge in [-0.3, -0.25) is 4.79 Å². The molecule has 2 aliphatic heterocycles. The molecule has 2 saturated heterocycles. The Morgan fingerprint density at radius 1 is 1.31 bits per heavy atom. The van der Waals surface area contributed by atoms with Gasteiger partial charge in [-0.15, -0.1) is 0 Å². The van der Waals surface area contributed by atoms with Crippen molar-refractivity contribution in [3.63, 3.8) is 0 Å². The average molecular weight is 382 g/mol. The number of halogens is 1. The molecule has 0 unspecified atom stereocenters. The van der Waals surface area contributed by atoms with Crippen molar-refractivity contribution in [2.24, 2.45) is 5.92 Å². The molecule has 6 nitrogen and oxygen atoms in total. The Morgan fingerprint density at radius 3 is 2.62 bits per heavy atom. The Hall–Kier alpha value is -1.37. The monoisotopic (exact) mass is 381 g/mol. The van der Waals surface area contributed by atoms with E-state index < -0.39 is 0 Å². The number of amides is 1. The lowest BCUT2D eigenvalue weighted by Gasteiger charge is -2.33. The molecule has 1 amide bonds. The van der Waals surface area contributed by atoms with Crippen LogP contribution in [-0.2, 0) is 9.47 Å². The van der Waals surface area contributed by atoms with E-state index in [1.54, 1.807) is 17.2 Å². The summed E-state index contributed by atoms with van der Waals surface area (Å²) in [6, 6.07) is 1.74. The maximum atomic E-state index is 12.6. The van der Waals surface area contributed by atoms with Gasteiger partial charge >= 0.3 is 0 Å². The van der Waals surface area contributed by atoms with Crippen LogP contribution in [0.15, 0.2) is 12.3 Å². The molecule has 3 heterocycles. The number of hydrogen-bond acceptors (Lipinski definition) is 5. The third kappa shape index (κ3) is 4.87. The molecular weight excluding hydrogens is 354 g/mol. The van der Waals surface area contributed by atoms with E-state index in [0.29, 0.717) is 48.9 Å². The van der Waals surface area contributed by atoms with Crippen molar-refractivity contribution in [1.29, 1.82) is 0 Å². The van der Waals surface area contributed by atoms with Crippen molar-refractivity contribution in [1.82, 2.24) is 9.88 Å². The van der Waals surface area contributed by atoms with Gasteiger partial charge in [0.05, 0.1) is 29.9 Å². The lowest BCUT2D eigenvalue weighted by atomic mass is 10.1. The third-order valence-corrected chi connectivity index (χ3v) is 5.05. The van der Waals surface area contributed by atoms with E-state index in [1.165, 1.54) is 0 Å². The number of morpholine rings is 1. The highest BCUT2D eigenvalue weighted by molar-refractivity contribution is 6.33. The van der Waals surface area contributed by atoms with Gasteiger partial charge in [-0.1, -0.05) is 25.4 Å². The molecule has 144 valence electrons. The number of nitrogens with zero attached hydrogens (tertiary/aromatic N) is 3. The summed E-state index contributed by atoms with van der Waals surface area (Å²) in [6.07, 6.45) is 3.90. The number of aromatic nitrogens is 1. The fourth-order valence-electron chi connectivity index (χ4n) is 3.29. The maximum absolute atomic E-state index is 12.6. The Morgan fingerprint density at radius 2 is 2.00 bits per heavy atom. The fourth-order valence-corrected chi connectivity index (χ4v) is 3.58. The molecule has 2 fully saturated rings. The highest BCUT2D eigenvalue weighted by Crippen LogP contribution is 2.28. The molecule has 0 aromatic carbocycles. The van der Waals surface area contributed by atoms with Gasteiger partial charge in [-0.25, -0.2) is 4.98 Å². The summed E-state index contributed by atoms with van der Waals surface area (Å²) in [4.78, 5) is 21.0. The molecule has 3 rings (SSSR count). The summed E-state index contributed by atoms with van der Waals surface area (Å²) in [6.45, 7) is 9.26. The van der Waals surface area contributed by atoms with Crippen LogP contribution in [0, 0.1) is 5.92 Å². The van der Waals surface area contributed by atoms with Crippen molar-refractivity contribution in [3.8, 4) is 0 Å². The normalized spacial score (nSPS) is 19.2. The Balaban J connectivity index is 1.59. The number of carbonyl (C=O) groups excluding carboxylic acids is 1. The van der Waals surface area contributed by atoms with E-state index in [4.69, 9.17) is 21.1 Å². The summed E-state index contributed by atoms with van der Waals surface area (Å²) in [5, 5.41) is 0.533. The van der Waals surface area contributed by atoms with Crippen molar-refractivity contribution < 1.29 is 14.3 Å². The van der Waals surface area contributed by atoms with E-state index in [0.717, 1.165) is 38.4 Å². The summed E-state index contributed by atoms with van der Waals surface area (Å²) in [7, 11) is 0. The van der Waals surface area contributed by atoms with Gasteiger partial charge < -0.3 is 19.3 Å². The van der Waals surface area contributed by atoms with Crippen molar-refractivity contribution in [3.05, 3.63) is 22.8 Å². The number of rotatable bonds is 5. The third-order valence-electron chi connectivity index (χ3n) is 4.77. The van der Waals surface area contributed by atoms with Crippen LogP contribution in [0.3, 0.4) is 0 Å². The van der Waals surface area contributed by atoms with Crippen molar-refractivity contribution >= 4 is 23.3 Å². The Bertz CT molecular complexity index is 612. The molecule has 0 radical (unpaired) electrons. The molecule has 0 aliphatic carbocycles. The molecule has 0 N–H and O–H groups in total. The maximum Gasteiger partial charge on any atom is 0.255 e. The van der Waals surface area contributed by atoms with Crippen LogP contribution >= 0.6 is 11.6 Å². The van der Waals surface area contributed by atoms with E-state index in [1.807, 2.05) is 0 Å². The number of piperidine rings is 1. The first kappa shape index (κ1) is 19.4. The minimum absolute atomic E-state index is 0.0324. The lowest BCUT2D eigenvalue weighted by molar-refractivity contribution is 0.0214. The first-order valence-electron chi connectivity index (χ1n) is 9.43. The zero-order valence-electron chi connectivity index (χ0n) is 15.6. The topological polar surface area (TPSA) is 54.9 Å². The second kappa shape index (κ2) is 9.02. The number of carbonyl (C=O) groups is 1. The minimum Gasteiger partial charge on any atom is -0.378 e. The Kier molecular flexibility index (Phi) is 6.73. The summed E-state index contributed by atoms with van der Waals surface area (Å²) in [5.41, 5.74) is 0.538. The molecule has 0 atom stereocenters. The second-order valence-corrected chi connectivity index (χ2v) is 7.75. The summed E-state index contributed by atoms with van der Waals surface area (Å²) >= 11 is 6.45. The SMILES string of the molecule is CC(C)COC1CCN(c2ncc(C(=O)N3CCOCC3)cc2Cl)CC1. The van der Waals surface area contributed by atoms with Gasteiger partial charge in [0.1, 0.15) is 5.82 Å². The predicted molar refractivity (Wildman–Crippen MR) is 102 cm³/mol. The average Bonchev–Trinajstić information content (AvgIpc) is 2.67. The highest BCUT2D eigenvalue weighted by Gasteiger charge is 2.24. The zero-order chi connectivity index (χ0) is 18.5. The van der Waals surface area contributed by atoms with Crippen LogP contribution < -0.4 is 4.90 Å². The summed E-state index contributed by atoms with van der Waals surface area (Å²) < 4.78 is 11.2. The molecule has 26 heavy (non-hydrogen) atoms. The predicted octanol–water partition coefficient (Wildman–Crippen LogP) is 2.85. The smallest absolute Gasteiger partial charge is 0.255 e. The van der Waals surface area contributed by atoms with Crippen LogP contribution in [0.25, 0.3) is 0 Å². The van der Waals surface area contributed by atoms with Gasteiger partial charge in [0, 0.05) is 39.0 Å². The van der Waals surface area contributed by atoms with E-state index >= 15 is 0 Å². The van der Waals surface area contributed by atoms with Crippen molar-refractivity contribution in [2.75, 3.05) is 50.9 Å². The summed E-state index contributed by atoms with van der Waals surface area (Å²) in [5.74, 6) is 1.28. The number of anilines is 1. The molecule has 7 heteroatoms. The van der Waals surface area contributed by atoms with E-state index in [-0.39, 0.29) is 5.91 Å². The molecular formula is C19H28ClN3O3. The first-order valence-corrected chi connectivity index (χ1v) is 9.81. The highest BCUT2D eigenvalue weighted by atomic mass is 35.5. The van der Waals surface area contributed by atoms with Crippen molar-refractivity contribution in [2.45, 2.75) is 32.8 Å². The van der Waals surface area contributed by atoms with Crippen LogP contribution in [0.5, 0.6) is 0 Å². The van der Waals surface area contributed by atoms with Crippen LogP contribution in [0.2, 0.25) is 5.02 Å². The number of ether oxygens (including phenoxy) is 2. The van der Waals surface area contributed by atoms with Crippen LogP contribution in [0.1, 0.15) is 37.0 Å². The van der Waals surface area contributed by atoms with Crippen LogP contribution in [0.4, 0.5) is 5.82 Å². The molecule has 0 spiro atoms. The van der Waals surface area contributed by atoms with Gasteiger partial charge in [0.15, 0.2) is 0 Å². The van der Waals surface area contributed by atoms with Crippen LogP contribution in [-0.4, -0.2) is 67.9 Å². The molecule has 0 bridgehead atoms. The van der Waals surface area contributed by atoms with Gasteiger partial charge in [0.25, 0.3) is 5.91 Å². The largest absolute Gasteiger partial charge is 0.378 e. The molecule has 1 aromatic rings. The fraction of sp³-hybridized carbons (Fsp3) is 0.684. The van der Waals surface area contributed by atoms with Gasteiger partial charge in [0.2, 0.25) is 0 Å². The molecule has 2 aliphatic rings. The minimum atomic E-state index is -0.0324. The molecule has 1 aromatic heterocycles. The number of hydrogen-bond donors (Lipinski definition) is 0. The van der Waals surface area contributed by atoms with E-state index in [9.17, 15) is 4.79 Å². The standard InChI is InChI=1S/C19H28ClN3O3/c1-14(2)13-26-16-3-5-22(6-4-16)18-17(20)11-15(12-21-18)19(24)23-7-9-25-10-8-23/h11-12,14,16H,3-10,13H2,1-2H3. The lowest BCUT2D eigenvalue weighted by Crippen LogP contribution is -2.41. The second-order valence-electron chi connectivity index (χ2n) is 7.35. The zero-order valence-corrected chi connectivity index (χ0v) is 16.4.